The third-order valence-corrected chi connectivity index (χ3v) is 5.20. The lowest BCUT2D eigenvalue weighted by molar-refractivity contribution is -0.120. The van der Waals surface area contributed by atoms with E-state index < -0.39 is 10.0 Å². The number of piperazine rings is 1. The fourth-order valence-corrected chi connectivity index (χ4v) is 3.27. The third kappa shape index (κ3) is 4.69. The molecule has 2 fully saturated rings. The zero-order valence-corrected chi connectivity index (χ0v) is 12.7. The van der Waals surface area contributed by atoms with Gasteiger partial charge in [-0.2, -0.15) is 4.31 Å². The van der Waals surface area contributed by atoms with Crippen molar-refractivity contribution in [3.63, 3.8) is 0 Å². The first-order valence-electron chi connectivity index (χ1n) is 7.09. The Bertz CT molecular complexity index is 442. The Hall–Kier alpha value is -0.700. The van der Waals surface area contributed by atoms with E-state index in [2.05, 4.69) is 10.2 Å². The maximum absolute atomic E-state index is 11.4. The molecule has 3 N–H and O–H groups in total. The van der Waals surface area contributed by atoms with Crippen LogP contribution in [0.3, 0.4) is 0 Å². The fourth-order valence-electron chi connectivity index (χ4n) is 2.44. The van der Waals surface area contributed by atoms with E-state index in [0.717, 1.165) is 19.4 Å². The Balaban J connectivity index is 1.73. The van der Waals surface area contributed by atoms with Crippen LogP contribution in [-0.4, -0.2) is 74.6 Å². The molecule has 2 rings (SSSR count). The van der Waals surface area contributed by atoms with Crippen molar-refractivity contribution in [3.8, 4) is 0 Å². The second-order valence-corrected chi connectivity index (χ2v) is 7.67. The average molecular weight is 304 g/mol. The number of hydrogen-bond acceptors (Lipinski definition) is 5. The molecule has 0 bridgehead atoms. The van der Waals surface area contributed by atoms with E-state index in [1.54, 1.807) is 0 Å². The van der Waals surface area contributed by atoms with Crippen LogP contribution < -0.4 is 11.1 Å². The first kappa shape index (κ1) is 15.7. The molecule has 0 aromatic rings. The molecule has 7 nitrogen and oxygen atoms in total. The molecule has 1 saturated heterocycles. The summed E-state index contributed by atoms with van der Waals surface area (Å²) in [7, 11) is -3.08. The number of amides is 1. The molecule has 0 radical (unpaired) electrons. The van der Waals surface area contributed by atoms with Gasteiger partial charge in [-0.3, -0.25) is 4.79 Å². The van der Waals surface area contributed by atoms with Gasteiger partial charge in [0, 0.05) is 38.8 Å². The molecule has 0 spiro atoms. The number of rotatable bonds is 7. The summed E-state index contributed by atoms with van der Waals surface area (Å²) in [6.45, 7) is 3.24. The molecule has 0 aromatic heterocycles. The van der Waals surface area contributed by atoms with Crippen LogP contribution in [0.4, 0.5) is 0 Å². The summed E-state index contributed by atoms with van der Waals surface area (Å²) in [5.74, 6) is -0.299. The highest BCUT2D eigenvalue weighted by atomic mass is 32.2. The van der Waals surface area contributed by atoms with Crippen molar-refractivity contribution in [2.45, 2.75) is 31.3 Å². The third-order valence-electron chi connectivity index (χ3n) is 3.89. The van der Waals surface area contributed by atoms with E-state index in [1.807, 2.05) is 0 Å². The maximum atomic E-state index is 11.4. The van der Waals surface area contributed by atoms with Gasteiger partial charge in [-0.25, -0.2) is 8.42 Å². The molecule has 1 saturated carbocycles. The van der Waals surface area contributed by atoms with Crippen molar-refractivity contribution >= 4 is 15.9 Å². The number of nitrogens with zero attached hydrogens (tertiary/aromatic N) is 2. The topological polar surface area (TPSA) is 95.7 Å². The van der Waals surface area contributed by atoms with Gasteiger partial charge in [0.15, 0.2) is 0 Å². The average Bonchev–Trinajstić information content (AvgIpc) is 3.17. The molecule has 8 heteroatoms. The summed E-state index contributed by atoms with van der Waals surface area (Å²) in [6.07, 6.45) is 4.17. The minimum Gasteiger partial charge on any atom is -0.368 e. The summed E-state index contributed by atoms with van der Waals surface area (Å²) >= 11 is 0. The van der Waals surface area contributed by atoms with Crippen LogP contribution >= 0.6 is 0 Å². The Morgan fingerprint density at radius 3 is 2.35 bits per heavy atom. The van der Waals surface area contributed by atoms with Crippen LogP contribution in [0, 0.1) is 0 Å². The predicted octanol–water partition coefficient (Wildman–Crippen LogP) is -1.44. The smallest absolute Gasteiger partial charge is 0.234 e. The summed E-state index contributed by atoms with van der Waals surface area (Å²) in [5.41, 5.74) is 5.40. The van der Waals surface area contributed by atoms with Gasteiger partial charge >= 0.3 is 0 Å². The number of nitrogens with two attached hydrogens (primary N) is 1. The van der Waals surface area contributed by atoms with Gasteiger partial charge in [0.1, 0.15) is 0 Å². The van der Waals surface area contributed by atoms with Crippen LogP contribution in [0.25, 0.3) is 0 Å². The van der Waals surface area contributed by atoms with Crippen LogP contribution in [-0.2, 0) is 14.8 Å². The molecule has 1 aliphatic heterocycles. The Labute approximate surface area is 120 Å². The standard InChI is InChI=1S/C12H24N4O3S/c1-20(18,19)16-8-6-15(7-9-16)5-4-11(12(13)17)14-10-2-3-10/h10-11,14H,2-9H2,1H3,(H2,13,17). The first-order valence-corrected chi connectivity index (χ1v) is 8.94. The Morgan fingerprint density at radius 1 is 1.30 bits per heavy atom. The van der Waals surface area contributed by atoms with Gasteiger partial charge in [-0.15, -0.1) is 0 Å². The van der Waals surface area contributed by atoms with Gasteiger partial charge in [0.2, 0.25) is 15.9 Å². The van der Waals surface area contributed by atoms with Gasteiger partial charge in [0.25, 0.3) is 0 Å². The maximum Gasteiger partial charge on any atom is 0.234 e. The molecular formula is C12H24N4O3S. The van der Waals surface area contributed by atoms with Crippen molar-refractivity contribution in [1.82, 2.24) is 14.5 Å². The number of nitrogens with one attached hydrogen (secondary N) is 1. The predicted molar refractivity (Wildman–Crippen MR) is 76.6 cm³/mol. The van der Waals surface area contributed by atoms with Crippen LogP contribution in [0.2, 0.25) is 0 Å². The highest BCUT2D eigenvalue weighted by Gasteiger charge is 2.28. The second-order valence-electron chi connectivity index (χ2n) is 5.69. The molecule has 1 amide bonds. The minimum atomic E-state index is -3.08. The Morgan fingerprint density at radius 2 is 1.90 bits per heavy atom. The summed E-state index contributed by atoms with van der Waals surface area (Å²) in [4.78, 5) is 13.6. The van der Waals surface area contributed by atoms with Crippen LogP contribution in [0.15, 0.2) is 0 Å². The number of carbonyl (C=O) groups excluding carboxylic acids is 1. The van der Waals surface area contributed by atoms with Crippen molar-refractivity contribution < 1.29 is 13.2 Å². The quantitative estimate of drug-likeness (QED) is 0.600. The highest BCUT2D eigenvalue weighted by Crippen LogP contribution is 2.20. The van der Waals surface area contributed by atoms with Gasteiger partial charge in [-0.1, -0.05) is 0 Å². The summed E-state index contributed by atoms with van der Waals surface area (Å²) in [5, 5.41) is 3.26. The van der Waals surface area contributed by atoms with Crippen LogP contribution in [0.1, 0.15) is 19.3 Å². The second kappa shape index (κ2) is 6.38. The molecular weight excluding hydrogens is 280 g/mol. The van der Waals surface area contributed by atoms with Crippen molar-refractivity contribution in [1.29, 1.82) is 0 Å². The summed E-state index contributed by atoms with van der Waals surface area (Å²) < 4.78 is 24.3. The van der Waals surface area contributed by atoms with Crippen LogP contribution in [0.5, 0.6) is 0 Å². The van der Waals surface area contributed by atoms with Crippen molar-refractivity contribution in [2.75, 3.05) is 39.0 Å². The number of carbonyl (C=O) groups is 1. The van der Waals surface area contributed by atoms with Gasteiger partial charge < -0.3 is 16.0 Å². The molecule has 1 aliphatic carbocycles. The van der Waals surface area contributed by atoms with Crippen molar-refractivity contribution in [2.24, 2.45) is 5.73 Å². The molecule has 1 heterocycles. The Kier molecular flexibility index (Phi) is 5.00. The zero-order chi connectivity index (χ0) is 14.8. The number of primary amides is 1. The van der Waals surface area contributed by atoms with E-state index >= 15 is 0 Å². The molecule has 20 heavy (non-hydrogen) atoms. The largest absolute Gasteiger partial charge is 0.368 e. The lowest BCUT2D eigenvalue weighted by atomic mass is 10.1. The van der Waals surface area contributed by atoms with Gasteiger partial charge in [-0.05, 0) is 19.3 Å². The van der Waals surface area contributed by atoms with Gasteiger partial charge in [0.05, 0.1) is 12.3 Å². The monoisotopic (exact) mass is 304 g/mol. The normalized spacial score (nSPS) is 23.6. The summed E-state index contributed by atoms with van der Waals surface area (Å²) in [6, 6.07) is 0.185. The van der Waals surface area contributed by atoms with Crippen molar-refractivity contribution in [3.05, 3.63) is 0 Å². The van der Waals surface area contributed by atoms with E-state index in [1.165, 1.54) is 10.6 Å². The molecule has 1 atom stereocenters. The van der Waals surface area contributed by atoms with E-state index in [0.29, 0.717) is 38.6 Å². The molecule has 116 valence electrons. The number of hydrogen-bond donors (Lipinski definition) is 2. The highest BCUT2D eigenvalue weighted by molar-refractivity contribution is 7.88. The van der Waals surface area contributed by atoms with E-state index in [-0.39, 0.29) is 11.9 Å². The number of sulfonamides is 1. The minimum absolute atomic E-state index is 0.268. The SMILES string of the molecule is CS(=O)(=O)N1CCN(CCC(NC2CC2)C(N)=O)CC1. The molecule has 2 aliphatic rings. The molecule has 0 aromatic carbocycles. The van der Waals surface area contributed by atoms with E-state index in [9.17, 15) is 13.2 Å². The fraction of sp³-hybridized carbons (Fsp3) is 0.917. The molecule has 1 unspecified atom stereocenters. The lowest BCUT2D eigenvalue weighted by Crippen LogP contribution is -2.50. The lowest BCUT2D eigenvalue weighted by Gasteiger charge is -2.33. The first-order chi connectivity index (χ1) is 9.36. The van der Waals surface area contributed by atoms with E-state index in [4.69, 9.17) is 5.73 Å². The zero-order valence-electron chi connectivity index (χ0n) is 11.9.